The van der Waals surface area contributed by atoms with Gasteiger partial charge in [0.2, 0.25) is 0 Å². The molecule has 0 aliphatic carbocycles. The van der Waals surface area contributed by atoms with Crippen LogP contribution in [-0.2, 0) is 11.2 Å². The fraction of sp³-hybridized carbons (Fsp3) is 0.278. The number of methoxy groups -OCH3 is 1. The molecule has 2 aromatic rings. The molecule has 0 radical (unpaired) electrons. The number of rotatable bonds is 6. The first kappa shape index (κ1) is 15.9. The average molecular weight is 299 g/mol. The summed E-state index contributed by atoms with van der Waals surface area (Å²) in [6.45, 7) is 1.67. The Morgan fingerprint density at radius 1 is 1.23 bits per heavy atom. The number of carboxylic acids is 1. The molecule has 0 aliphatic rings. The highest BCUT2D eigenvalue weighted by Gasteiger charge is 2.18. The van der Waals surface area contributed by atoms with E-state index in [9.17, 15) is 4.79 Å². The van der Waals surface area contributed by atoms with Gasteiger partial charge in [0.15, 0.2) is 0 Å². The van der Waals surface area contributed by atoms with Gasteiger partial charge < -0.3 is 14.7 Å². The minimum atomic E-state index is -0.845. The Morgan fingerprint density at radius 2 is 1.91 bits per heavy atom. The number of ether oxygens (including phenoxy) is 1. The van der Waals surface area contributed by atoms with Crippen molar-refractivity contribution in [3.05, 3.63) is 59.7 Å². The van der Waals surface area contributed by atoms with Crippen LogP contribution in [0.1, 0.15) is 18.1 Å². The molecule has 0 bridgehead atoms. The zero-order valence-corrected chi connectivity index (χ0v) is 13.1. The van der Waals surface area contributed by atoms with Gasteiger partial charge in [0, 0.05) is 24.7 Å². The van der Waals surface area contributed by atoms with Crippen molar-refractivity contribution in [2.24, 2.45) is 0 Å². The molecule has 1 atom stereocenters. The van der Waals surface area contributed by atoms with Gasteiger partial charge in [0.1, 0.15) is 11.8 Å². The molecule has 0 amide bonds. The summed E-state index contributed by atoms with van der Waals surface area (Å²) in [6.07, 6.45) is 0.743. The molecule has 2 rings (SSSR count). The van der Waals surface area contributed by atoms with Gasteiger partial charge in [-0.2, -0.15) is 0 Å². The molecular weight excluding hydrogens is 278 g/mol. The molecular formula is C18H21NO3. The smallest absolute Gasteiger partial charge is 0.326 e. The van der Waals surface area contributed by atoms with E-state index < -0.39 is 12.0 Å². The second-order valence-electron chi connectivity index (χ2n) is 5.28. The van der Waals surface area contributed by atoms with Crippen molar-refractivity contribution in [3.8, 4) is 5.75 Å². The maximum Gasteiger partial charge on any atom is 0.326 e. The number of carboxylic acid groups (broad SMARTS) is 1. The minimum Gasteiger partial charge on any atom is -0.496 e. The summed E-state index contributed by atoms with van der Waals surface area (Å²) in [7, 11) is 3.43. The zero-order valence-electron chi connectivity index (χ0n) is 13.1. The predicted octanol–water partition coefficient (Wildman–Crippen LogP) is 3.20. The van der Waals surface area contributed by atoms with Gasteiger partial charge >= 0.3 is 5.97 Å². The Balaban J connectivity index is 2.32. The van der Waals surface area contributed by atoms with E-state index in [2.05, 4.69) is 12.1 Å². The first-order chi connectivity index (χ1) is 10.5. The maximum absolute atomic E-state index is 11.1. The predicted molar refractivity (Wildman–Crippen MR) is 87.7 cm³/mol. The van der Waals surface area contributed by atoms with Gasteiger partial charge in [-0.3, -0.25) is 0 Å². The lowest BCUT2D eigenvalue weighted by Crippen LogP contribution is -2.35. The number of anilines is 1. The van der Waals surface area contributed by atoms with Gasteiger partial charge in [-0.15, -0.1) is 0 Å². The van der Waals surface area contributed by atoms with Crippen LogP contribution in [-0.4, -0.2) is 31.3 Å². The SMILES string of the molecule is COc1ccc(N(C)[C@@H](C)C(=O)O)cc1Cc1ccccc1. The largest absolute Gasteiger partial charge is 0.496 e. The Morgan fingerprint density at radius 3 is 2.50 bits per heavy atom. The van der Waals surface area contributed by atoms with Crippen molar-refractivity contribution in [2.75, 3.05) is 19.1 Å². The lowest BCUT2D eigenvalue weighted by Gasteiger charge is -2.24. The van der Waals surface area contributed by atoms with Crippen molar-refractivity contribution < 1.29 is 14.6 Å². The van der Waals surface area contributed by atoms with Crippen LogP contribution in [0, 0.1) is 0 Å². The van der Waals surface area contributed by atoms with Crippen molar-refractivity contribution in [1.29, 1.82) is 0 Å². The molecule has 0 heterocycles. The number of carbonyl (C=O) groups is 1. The van der Waals surface area contributed by atoms with Crippen LogP contribution in [0.15, 0.2) is 48.5 Å². The molecule has 0 fully saturated rings. The molecule has 0 saturated carbocycles. The molecule has 0 aromatic heterocycles. The minimum absolute atomic E-state index is 0.585. The fourth-order valence-corrected chi connectivity index (χ4v) is 2.33. The molecule has 4 nitrogen and oxygen atoms in total. The number of hydrogen-bond acceptors (Lipinski definition) is 3. The fourth-order valence-electron chi connectivity index (χ4n) is 2.33. The van der Waals surface area contributed by atoms with Crippen LogP contribution in [0.25, 0.3) is 0 Å². The van der Waals surface area contributed by atoms with Crippen LogP contribution in [0.2, 0.25) is 0 Å². The van der Waals surface area contributed by atoms with Crippen LogP contribution >= 0.6 is 0 Å². The Labute approximate surface area is 131 Å². The standard InChI is InChI=1S/C18H21NO3/c1-13(18(20)21)19(2)16-9-10-17(22-3)15(12-16)11-14-7-5-4-6-8-14/h4-10,12-13H,11H2,1-3H3,(H,20,21)/t13-/m0/s1. The van der Waals surface area contributed by atoms with Crippen LogP contribution in [0.5, 0.6) is 5.75 Å². The van der Waals surface area contributed by atoms with Gasteiger partial charge in [-0.25, -0.2) is 4.79 Å². The van der Waals surface area contributed by atoms with Gasteiger partial charge in [-0.05, 0) is 30.7 Å². The van der Waals surface area contributed by atoms with Gasteiger partial charge in [0.05, 0.1) is 7.11 Å². The summed E-state index contributed by atoms with van der Waals surface area (Å²) < 4.78 is 5.43. The highest BCUT2D eigenvalue weighted by molar-refractivity contribution is 5.77. The second kappa shape index (κ2) is 6.98. The third-order valence-corrected chi connectivity index (χ3v) is 3.85. The first-order valence-corrected chi connectivity index (χ1v) is 7.19. The molecule has 1 N–H and O–H groups in total. The number of hydrogen-bond donors (Lipinski definition) is 1. The maximum atomic E-state index is 11.1. The molecule has 116 valence electrons. The van der Waals surface area contributed by atoms with Crippen molar-refractivity contribution >= 4 is 11.7 Å². The lowest BCUT2D eigenvalue weighted by atomic mass is 10.0. The van der Waals surface area contributed by atoms with E-state index in [0.29, 0.717) is 0 Å². The zero-order chi connectivity index (χ0) is 16.1. The van der Waals surface area contributed by atoms with Crippen molar-refractivity contribution in [1.82, 2.24) is 0 Å². The number of aliphatic carboxylic acids is 1. The molecule has 0 unspecified atom stereocenters. The molecule has 22 heavy (non-hydrogen) atoms. The third-order valence-electron chi connectivity index (χ3n) is 3.85. The Hall–Kier alpha value is -2.49. The highest BCUT2D eigenvalue weighted by atomic mass is 16.5. The van der Waals surface area contributed by atoms with E-state index in [1.165, 1.54) is 5.56 Å². The molecule has 0 aliphatic heterocycles. The summed E-state index contributed by atoms with van der Waals surface area (Å²) in [6, 6.07) is 15.3. The first-order valence-electron chi connectivity index (χ1n) is 7.19. The van der Waals surface area contributed by atoms with Crippen LogP contribution in [0.3, 0.4) is 0 Å². The summed E-state index contributed by atoms with van der Waals surface area (Å²) in [5.74, 6) is -0.0353. The molecule has 0 saturated heterocycles. The van der Waals surface area contributed by atoms with Crippen LogP contribution in [0.4, 0.5) is 5.69 Å². The van der Waals surface area contributed by atoms with Gasteiger partial charge in [-0.1, -0.05) is 30.3 Å². The number of nitrogens with zero attached hydrogens (tertiary/aromatic N) is 1. The van der Waals surface area contributed by atoms with Crippen LogP contribution < -0.4 is 9.64 Å². The lowest BCUT2D eigenvalue weighted by molar-refractivity contribution is -0.138. The molecule has 4 heteroatoms. The van der Waals surface area contributed by atoms with E-state index in [1.54, 1.807) is 26.0 Å². The van der Waals surface area contributed by atoms with E-state index >= 15 is 0 Å². The summed E-state index contributed by atoms with van der Waals surface area (Å²) in [5, 5.41) is 9.15. The van der Waals surface area contributed by atoms with Gasteiger partial charge in [0.25, 0.3) is 0 Å². The molecule has 2 aromatic carbocycles. The Bertz CT molecular complexity index is 640. The number of likely N-dealkylation sites (N-methyl/N-ethyl adjacent to an activating group) is 1. The highest BCUT2D eigenvalue weighted by Crippen LogP contribution is 2.27. The van der Waals surface area contributed by atoms with E-state index in [0.717, 1.165) is 23.4 Å². The van der Waals surface area contributed by atoms with E-state index in [4.69, 9.17) is 9.84 Å². The van der Waals surface area contributed by atoms with E-state index in [-0.39, 0.29) is 0 Å². The normalized spacial score (nSPS) is 11.8. The topological polar surface area (TPSA) is 49.8 Å². The summed E-state index contributed by atoms with van der Waals surface area (Å²) in [5.41, 5.74) is 3.09. The average Bonchev–Trinajstić information content (AvgIpc) is 2.54. The second-order valence-corrected chi connectivity index (χ2v) is 5.28. The van der Waals surface area contributed by atoms with Crippen molar-refractivity contribution in [2.45, 2.75) is 19.4 Å². The Kier molecular flexibility index (Phi) is 5.04. The monoisotopic (exact) mass is 299 g/mol. The number of benzene rings is 2. The molecule has 0 spiro atoms. The van der Waals surface area contributed by atoms with Crippen molar-refractivity contribution in [3.63, 3.8) is 0 Å². The van der Waals surface area contributed by atoms with E-state index in [1.807, 2.05) is 36.4 Å². The third kappa shape index (κ3) is 3.58. The quantitative estimate of drug-likeness (QED) is 0.890. The summed E-state index contributed by atoms with van der Waals surface area (Å²) >= 11 is 0. The summed E-state index contributed by atoms with van der Waals surface area (Å²) in [4.78, 5) is 12.9.